The number of nitrogens with zero attached hydrogens (tertiary/aromatic N) is 1. The number of pyridine rings is 1. The van der Waals surface area contributed by atoms with Crippen LogP contribution in [0.25, 0.3) is 0 Å². The Morgan fingerprint density at radius 1 is 1.42 bits per heavy atom. The van der Waals surface area contributed by atoms with Crippen molar-refractivity contribution in [2.45, 2.75) is 12.8 Å². The maximum absolute atomic E-state index is 12.7. The molecule has 1 aromatic rings. The number of hydrogen-bond acceptors (Lipinski definition) is 4. The quantitative estimate of drug-likeness (QED) is 0.862. The summed E-state index contributed by atoms with van der Waals surface area (Å²) < 4.78 is 69.3. The molecule has 0 radical (unpaired) electrons. The number of hydrogen-bond donors (Lipinski definition) is 1. The number of carboxylic acid groups (broad SMARTS) is 1. The van der Waals surface area contributed by atoms with Gasteiger partial charge in [0.2, 0.25) is 5.88 Å². The molecule has 0 aliphatic carbocycles. The Hall–Kier alpha value is -2.13. The summed E-state index contributed by atoms with van der Waals surface area (Å²) in [6.07, 6.45) is -8.64. The average molecular weight is 287 g/mol. The van der Waals surface area contributed by atoms with Crippen LogP contribution in [0.2, 0.25) is 0 Å². The molecule has 0 aliphatic rings. The first-order valence-electron chi connectivity index (χ1n) is 4.51. The maximum Gasteiger partial charge on any atom is 0.573 e. The normalized spacial score (nSPS) is 11.5. The zero-order valence-corrected chi connectivity index (χ0v) is 9.16. The second-order valence-corrected chi connectivity index (χ2v) is 3.08. The van der Waals surface area contributed by atoms with Gasteiger partial charge in [0.15, 0.2) is 5.69 Å². The summed E-state index contributed by atoms with van der Waals surface area (Å²) in [7, 11) is 0.858. The van der Waals surface area contributed by atoms with Crippen LogP contribution < -0.4 is 9.47 Å². The molecule has 1 heterocycles. The highest BCUT2D eigenvalue weighted by atomic mass is 19.4. The molecule has 106 valence electrons. The Bertz CT molecular complexity index is 488. The summed E-state index contributed by atoms with van der Waals surface area (Å²) in [5, 5.41) is 8.61. The molecule has 0 unspecified atom stereocenters. The first-order valence-corrected chi connectivity index (χ1v) is 4.51. The topological polar surface area (TPSA) is 68.7 Å². The molecule has 1 aromatic heterocycles. The molecular formula is C9H6F5NO4. The van der Waals surface area contributed by atoms with Gasteiger partial charge in [-0.15, -0.1) is 13.2 Å². The summed E-state index contributed by atoms with van der Waals surface area (Å²) in [5.41, 5.74) is -2.19. The van der Waals surface area contributed by atoms with Crippen molar-refractivity contribution in [3.05, 3.63) is 17.3 Å². The number of carbonyl (C=O) groups is 1. The average Bonchev–Trinajstić information content (AvgIpc) is 2.24. The van der Waals surface area contributed by atoms with E-state index in [9.17, 15) is 26.7 Å². The second kappa shape index (κ2) is 5.24. The van der Waals surface area contributed by atoms with Gasteiger partial charge in [-0.3, -0.25) is 0 Å². The number of ether oxygens (including phenoxy) is 2. The van der Waals surface area contributed by atoms with Crippen molar-refractivity contribution in [3.63, 3.8) is 0 Å². The fourth-order valence-electron chi connectivity index (χ4n) is 1.18. The molecule has 1 N–H and O–H groups in total. The molecule has 0 amide bonds. The number of alkyl halides is 5. The molecule has 0 saturated heterocycles. The Balaban J connectivity index is 3.45. The smallest absolute Gasteiger partial charge is 0.481 e. The fraction of sp³-hybridized carbons (Fsp3) is 0.333. The minimum absolute atomic E-state index is 0.250. The van der Waals surface area contributed by atoms with Crippen molar-refractivity contribution < 1.29 is 41.3 Å². The molecule has 0 bridgehead atoms. The number of aromatic nitrogens is 1. The molecule has 0 atom stereocenters. The van der Waals surface area contributed by atoms with Crippen LogP contribution in [-0.4, -0.2) is 29.5 Å². The van der Waals surface area contributed by atoms with Gasteiger partial charge in [-0.25, -0.2) is 18.6 Å². The van der Waals surface area contributed by atoms with Crippen LogP contribution in [0.4, 0.5) is 22.0 Å². The van der Waals surface area contributed by atoms with Crippen molar-refractivity contribution in [1.82, 2.24) is 4.98 Å². The van der Waals surface area contributed by atoms with E-state index in [1.54, 1.807) is 0 Å². The van der Waals surface area contributed by atoms with Gasteiger partial charge in [0, 0.05) is 6.07 Å². The highest BCUT2D eigenvalue weighted by molar-refractivity contribution is 5.86. The van der Waals surface area contributed by atoms with E-state index in [0.29, 0.717) is 0 Å². The van der Waals surface area contributed by atoms with E-state index in [1.807, 2.05) is 0 Å². The molecule has 1 rings (SSSR count). The summed E-state index contributed by atoms with van der Waals surface area (Å²) in [6, 6.07) is 0.250. The Morgan fingerprint density at radius 2 is 2.00 bits per heavy atom. The molecule has 19 heavy (non-hydrogen) atoms. The van der Waals surface area contributed by atoms with E-state index in [2.05, 4.69) is 14.5 Å². The third-order valence-electron chi connectivity index (χ3n) is 1.84. The van der Waals surface area contributed by atoms with Crippen molar-refractivity contribution in [2.24, 2.45) is 0 Å². The largest absolute Gasteiger partial charge is 0.573 e. The SMILES string of the molecule is COc1nc(C(=O)O)cc(OC(F)(F)F)c1C(F)F. The van der Waals surface area contributed by atoms with Crippen LogP contribution in [-0.2, 0) is 0 Å². The van der Waals surface area contributed by atoms with Gasteiger partial charge in [-0.1, -0.05) is 0 Å². The molecule has 0 spiro atoms. The first kappa shape index (κ1) is 14.9. The summed E-state index contributed by atoms with van der Waals surface area (Å²) >= 11 is 0. The van der Waals surface area contributed by atoms with Gasteiger partial charge in [0.1, 0.15) is 11.3 Å². The monoisotopic (exact) mass is 287 g/mol. The van der Waals surface area contributed by atoms with Crippen molar-refractivity contribution >= 4 is 5.97 Å². The van der Waals surface area contributed by atoms with E-state index in [4.69, 9.17) is 5.11 Å². The third-order valence-corrected chi connectivity index (χ3v) is 1.84. The van der Waals surface area contributed by atoms with Gasteiger partial charge >= 0.3 is 12.3 Å². The van der Waals surface area contributed by atoms with Gasteiger partial charge in [-0.05, 0) is 0 Å². The number of aromatic carboxylic acids is 1. The molecule has 10 heteroatoms. The predicted octanol–water partition coefficient (Wildman–Crippen LogP) is 2.62. The lowest BCUT2D eigenvalue weighted by Gasteiger charge is -2.15. The van der Waals surface area contributed by atoms with E-state index in [1.165, 1.54) is 0 Å². The van der Waals surface area contributed by atoms with Crippen molar-refractivity contribution in [1.29, 1.82) is 0 Å². The Morgan fingerprint density at radius 3 is 2.37 bits per heavy atom. The molecule has 0 aliphatic heterocycles. The highest BCUT2D eigenvalue weighted by Gasteiger charge is 2.35. The third kappa shape index (κ3) is 3.66. The van der Waals surface area contributed by atoms with Gasteiger partial charge in [0.05, 0.1) is 7.11 Å². The van der Waals surface area contributed by atoms with Gasteiger partial charge < -0.3 is 14.6 Å². The molecule has 0 saturated carbocycles. The van der Waals surface area contributed by atoms with Crippen LogP contribution in [0.1, 0.15) is 22.5 Å². The van der Waals surface area contributed by atoms with E-state index in [-0.39, 0.29) is 6.07 Å². The summed E-state index contributed by atoms with van der Waals surface area (Å²) in [4.78, 5) is 13.8. The lowest BCUT2D eigenvalue weighted by atomic mass is 10.2. The maximum atomic E-state index is 12.7. The lowest BCUT2D eigenvalue weighted by molar-refractivity contribution is -0.275. The van der Waals surface area contributed by atoms with Crippen LogP contribution in [0, 0.1) is 0 Å². The van der Waals surface area contributed by atoms with E-state index in [0.717, 1.165) is 7.11 Å². The Kier molecular flexibility index (Phi) is 4.12. The molecule has 0 aromatic carbocycles. The highest BCUT2D eigenvalue weighted by Crippen LogP contribution is 2.38. The number of halogens is 5. The minimum Gasteiger partial charge on any atom is -0.481 e. The fourth-order valence-corrected chi connectivity index (χ4v) is 1.18. The van der Waals surface area contributed by atoms with Crippen LogP contribution in [0.5, 0.6) is 11.6 Å². The number of carboxylic acids is 1. The van der Waals surface area contributed by atoms with Crippen LogP contribution in [0.3, 0.4) is 0 Å². The number of methoxy groups -OCH3 is 1. The van der Waals surface area contributed by atoms with Gasteiger partial charge in [0.25, 0.3) is 6.43 Å². The molecule has 5 nitrogen and oxygen atoms in total. The van der Waals surface area contributed by atoms with E-state index >= 15 is 0 Å². The predicted molar refractivity (Wildman–Crippen MR) is 49.4 cm³/mol. The zero-order valence-electron chi connectivity index (χ0n) is 9.16. The minimum atomic E-state index is -5.26. The first-order chi connectivity index (χ1) is 8.65. The number of rotatable bonds is 4. The lowest BCUT2D eigenvalue weighted by Crippen LogP contribution is -2.19. The Labute approximate surface area is 102 Å². The summed E-state index contributed by atoms with van der Waals surface area (Å²) in [6.45, 7) is 0. The zero-order chi connectivity index (χ0) is 14.8. The molecular weight excluding hydrogens is 281 g/mol. The van der Waals surface area contributed by atoms with E-state index < -0.39 is 41.6 Å². The van der Waals surface area contributed by atoms with Crippen molar-refractivity contribution in [3.8, 4) is 11.6 Å². The summed E-state index contributed by atoms with van der Waals surface area (Å²) in [5.74, 6) is -4.04. The standard InChI is InChI=1S/C9H6F5NO4/c1-18-7-5(6(10)11)4(19-9(12,13)14)2-3(15-7)8(16)17/h2,6H,1H3,(H,16,17). The van der Waals surface area contributed by atoms with Crippen LogP contribution in [0.15, 0.2) is 6.07 Å². The van der Waals surface area contributed by atoms with Crippen molar-refractivity contribution in [2.75, 3.05) is 7.11 Å². The van der Waals surface area contributed by atoms with Gasteiger partial charge in [-0.2, -0.15) is 0 Å². The second-order valence-electron chi connectivity index (χ2n) is 3.08. The van der Waals surface area contributed by atoms with Crippen LogP contribution >= 0.6 is 0 Å². The molecule has 0 fully saturated rings.